The summed E-state index contributed by atoms with van der Waals surface area (Å²) in [6, 6.07) is 3.67. The maximum Gasteiger partial charge on any atom is 0.225 e. The zero-order valence-corrected chi connectivity index (χ0v) is 10.3. The lowest BCUT2D eigenvalue weighted by atomic mass is 10.3. The zero-order chi connectivity index (χ0) is 10.6. The SMILES string of the molecule is O=S(=O)(CCl)NCCc1ccc(Cl)s1. The fraction of sp³-hybridized carbons (Fsp3) is 0.429. The van der Waals surface area contributed by atoms with Crippen molar-refractivity contribution in [2.75, 3.05) is 11.8 Å². The highest BCUT2D eigenvalue weighted by molar-refractivity contribution is 7.90. The molecule has 0 aliphatic carbocycles. The van der Waals surface area contributed by atoms with E-state index >= 15 is 0 Å². The summed E-state index contributed by atoms with van der Waals surface area (Å²) >= 11 is 12.4. The molecule has 0 atom stereocenters. The second kappa shape index (κ2) is 5.32. The Bertz CT molecular complexity index is 388. The standard InChI is InChI=1S/C7H9Cl2NO2S2/c8-5-14(11,12)10-4-3-6-1-2-7(9)13-6/h1-2,10H,3-5H2. The Morgan fingerprint density at radius 2 is 2.14 bits per heavy atom. The summed E-state index contributed by atoms with van der Waals surface area (Å²) in [6.45, 7) is 0.353. The smallest absolute Gasteiger partial charge is 0.214 e. The number of sulfonamides is 1. The van der Waals surface area contributed by atoms with Gasteiger partial charge in [0.25, 0.3) is 0 Å². The maximum absolute atomic E-state index is 10.9. The first-order valence-corrected chi connectivity index (χ1v) is 7.19. The first-order valence-electron chi connectivity index (χ1n) is 3.81. The van der Waals surface area contributed by atoms with Crippen LogP contribution >= 0.6 is 34.5 Å². The molecule has 3 nitrogen and oxygen atoms in total. The first-order chi connectivity index (χ1) is 6.53. The van der Waals surface area contributed by atoms with Crippen molar-refractivity contribution in [1.82, 2.24) is 4.72 Å². The van der Waals surface area contributed by atoms with Crippen LogP contribution in [0.4, 0.5) is 0 Å². The van der Waals surface area contributed by atoms with Crippen LogP contribution in [0.15, 0.2) is 12.1 Å². The fourth-order valence-electron chi connectivity index (χ4n) is 0.854. The molecule has 0 spiro atoms. The summed E-state index contributed by atoms with van der Waals surface area (Å²) < 4.78 is 24.9. The Labute approximate surface area is 97.1 Å². The Hall–Kier alpha value is 0.190. The molecule has 0 saturated heterocycles. The van der Waals surface area contributed by atoms with Gasteiger partial charge < -0.3 is 0 Å². The van der Waals surface area contributed by atoms with Gasteiger partial charge in [0.1, 0.15) is 5.21 Å². The average Bonchev–Trinajstić information content (AvgIpc) is 2.51. The molecule has 80 valence electrons. The molecule has 0 radical (unpaired) electrons. The van der Waals surface area contributed by atoms with Gasteiger partial charge >= 0.3 is 0 Å². The summed E-state index contributed by atoms with van der Waals surface area (Å²) in [5.41, 5.74) is 0. The van der Waals surface area contributed by atoms with Gasteiger partial charge in [0.05, 0.1) is 4.34 Å². The Balaban J connectivity index is 2.36. The molecule has 0 aliphatic rings. The molecule has 0 aromatic carbocycles. The predicted octanol–water partition coefficient (Wildman–Crippen LogP) is 2.06. The van der Waals surface area contributed by atoms with E-state index in [0.717, 1.165) is 4.88 Å². The van der Waals surface area contributed by atoms with Crippen LogP contribution in [-0.4, -0.2) is 20.2 Å². The molecule has 1 aromatic rings. The van der Waals surface area contributed by atoms with Crippen molar-refractivity contribution in [3.05, 3.63) is 21.3 Å². The molecule has 0 amide bonds. The zero-order valence-electron chi connectivity index (χ0n) is 7.16. The molecule has 1 heterocycles. The topological polar surface area (TPSA) is 46.2 Å². The van der Waals surface area contributed by atoms with E-state index in [9.17, 15) is 8.42 Å². The lowest BCUT2D eigenvalue weighted by Gasteiger charge is -2.01. The van der Waals surface area contributed by atoms with E-state index < -0.39 is 15.2 Å². The van der Waals surface area contributed by atoms with Crippen molar-refractivity contribution in [2.45, 2.75) is 6.42 Å². The van der Waals surface area contributed by atoms with E-state index in [2.05, 4.69) is 4.72 Å². The van der Waals surface area contributed by atoms with Crippen molar-refractivity contribution >= 4 is 44.6 Å². The molecular weight excluding hydrogens is 265 g/mol. The first kappa shape index (κ1) is 12.3. The van der Waals surface area contributed by atoms with Gasteiger partial charge in [-0.1, -0.05) is 11.6 Å². The lowest BCUT2D eigenvalue weighted by Crippen LogP contribution is -2.26. The number of nitrogens with one attached hydrogen (secondary N) is 1. The van der Waals surface area contributed by atoms with E-state index in [1.807, 2.05) is 6.07 Å². The van der Waals surface area contributed by atoms with Crippen molar-refractivity contribution in [2.24, 2.45) is 0 Å². The van der Waals surface area contributed by atoms with Gasteiger partial charge in [-0.25, -0.2) is 13.1 Å². The molecule has 1 N–H and O–H groups in total. The van der Waals surface area contributed by atoms with E-state index in [1.54, 1.807) is 6.07 Å². The third-order valence-electron chi connectivity index (χ3n) is 1.47. The minimum absolute atomic E-state index is 0.353. The van der Waals surface area contributed by atoms with Gasteiger partial charge in [-0.3, -0.25) is 0 Å². The largest absolute Gasteiger partial charge is 0.225 e. The molecule has 0 unspecified atom stereocenters. The normalized spacial score (nSPS) is 11.9. The minimum Gasteiger partial charge on any atom is -0.214 e. The highest BCUT2D eigenvalue weighted by Crippen LogP contribution is 2.21. The number of halogens is 2. The number of thiophene rings is 1. The minimum atomic E-state index is -3.30. The summed E-state index contributed by atoms with van der Waals surface area (Å²) in [5, 5.41) is -0.405. The summed E-state index contributed by atoms with van der Waals surface area (Å²) in [6.07, 6.45) is 0.632. The van der Waals surface area contributed by atoms with Crippen molar-refractivity contribution in [1.29, 1.82) is 0 Å². The summed E-state index contributed by atoms with van der Waals surface area (Å²) in [7, 11) is -3.30. The summed E-state index contributed by atoms with van der Waals surface area (Å²) in [5.74, 6) is 0. The van der Waals surface area contributed by atoms with Gasteiger partial charge in [-0.15, -0.1) is 22.9 Å². The van der Waals surface area contributed by atoms with Gasteiger partial charge in [-0.05, 0) is 18.6 Å². The third-order valence-corrected chi connectivity index (χ3v) is 4.55. The number of hydrogen-bond donors (Lipinski definition) is 1. The third kappa shape index (κ3) is 4.14. The van der Waals surface area contributed by atoms with Crippen LogP contribution in [-0.2, 0) is 16.4 Å². The predicted molar refractivity (Wildman–Crippen MR) is 60.7 cm³/mol. The summed E-state index contributed by atoms with van der Waals surface area (Å²) in [4.78, 5) is 1.05. The van der Waals surface area contributed by atoms with Crippen LogP contribution in [0.5, 0.6) is 0 Å². The highest BCUT2D eigenvalue weighted by Gasteiger charge is 2.06. The number of hydrogen-bond acceptors (Lipinski definition) is 3. The average molecular weight is 274 g/mol. The van der Waals surface area contributed by atoms with E-state index in [4.69, 9.17) is 23.2 Å². The van der Waals surface area contributed by atoms with Crippen LogP contribution < -0.4 is 4.72 Å². The molecular formula is C7H9Cl2NO2S2. The van der Waals surface area contributed by atoms with E-state index in [0.29, 0.717) is 17.3 Å². The van der Waals surface area contributed by atoms with Crippen molar-refractivity contribution < 1.29 is 8.42 Å². The monoisotopic (exact) mass is 273 g/mol. The van der Waals surface area contributed by atoms with Crippen LogP contribution in [0.1, 0.15) is 4.88 Å². The molecule has 1 rings (SSSR count). The van der Waals surface area contributed by atoms with Crippen molar-refractivity contribution in [3.63, 3.8) is 0 Å². The highest BCUT2D eigenvalue weighted by atomic mass is 35.5. The van der Waals surface area contributed by atoms with Gasteiger partial charge in [0.2, 0.25) is 10.0 Å². The maximum atomic E-state index is 10.9. The number of alkyl halides is 1. The fourth-order valence-corrected chi connectivity index (χ4v) is 2.66. The van der Waals surface area contributed by atoms with Crippen LogP contribution in [0.25, 0.3) is 0 Å². The second-order valence-corrected chi connectivity index (χ2v) is 6.76. The Morgan fingerprint density at radius 1 is 1.43 bits per heavy atom. The molecule has 1 aromatic heterocycles. The molecule has 0 fully saturated rings. The molecule has 0 aliphatic heterocycles. The number of rotatable bonds is 5. The second-order valence-electron chi connectivity index (χ2n) is 2.57. The van der Waals surface area contributed by atoms with Gasteiger partial charge in [-0.2, -0.15) is 0 Å². The quantitative estimate of drug-likeness (QED) is 0.835. The molecule has 0 saturated carbocycles. The van der Waals surface area contributed by atoms with Crippen LogP contribution in [0.3, 0.4) is 0 Å². The molecule has 0 bridgehead atoms. The molecule has 7 heteroatoms. The van der Waals surface area contributed by atoms with E-state index in [-0.39, 0.29) is 0 Å². The van der Waals surface area contributed by atoms with E-state index in [1.165, 1.54) is 11.3 Å². The van der Waals surface area contributed by atoms with Crippen LogP contribution in [0.2, 0.25) is 4.34 Å². The van der Waals surface area contributed by atoms with Crippen LogP contribution in [0, 0.1) is 0 Å². The lowest BCUT2D eigenvalue weighted by molar-refractivity contribution is 0.586. The molecule has 14 heavy (non-hydrogen) atoms. The van der Waals surface area contributed by atoms with Gasteiger partial charge in [0.15, 0.2) is 0 Å². The Kier molecular flexibility index (Phi) is 4.66. The van der Waals surface area contributed by atoms with Crippen molar-refractivity contribution in [3.8, 4) is 0 Å². The van der Waals surface area contributed by atoms with Gasteiger partial charge in [0, 0.05) is 11.4 Å². The Morgan fingerprint density at radius 3 is 2.64 bits per heavy atom.